The zero-order valence-corrected chi connectivity index (χ0v) is 16.5. The van der Waals surface area contributed by atoms with Crippen LogP contribution in [0.15, 0.2) is 77.3 Å². The van der Waals surface area contributed by atoms with E-state index in [2.05, 4.69) is 101 Å². The molecule has 1 aliphatic rings. The summed E-state index contributed by atoms with van der Waals surface area (Å²) in [5.74, 6) is 0.330. The maximum absolute atomic E-state index is 4.96. The van der Waals surface area contributed by atoms with E-state index in [4.69, 9.17) is 4.99 Å². The highest BCUT2D eigenvalue weighted by molar-refractivity contribution is 6.02. The van der Waals surface area contributed by atoms with Crippen LogP contribution < -0.4 is 0 Å². The van der Waals surface area contributed by atoms with Crippen LogP contribution in [0.1, 0.15) is 40.7 Å². The lowest BCUT2D eigenvalue weighted by Crippen LogP contribution is -2.01. The normalized spacial score (nSPS) is 16.4. The van der Waals surface area contributed by atoms with Crippen LogP contribution in [0.4, 0.5) is 5.69 Å². The molecule has 1 aliphatic carbocycles. The number of allylic oxidation sites excluding steroid dienone is 4. The van der Waals surface area contributed by atoms with E-state index in [1.54, 1.807) is 0 Å². The highest BCUT2D eigenvalue weighted by Crippen LogP contribution is 2.35. The SMILES string of the molecule is CC1=CC=CC1c1ccc2ccccc2c1C=Nc1c(C)cc(C)cc1C. The fourth-order valence-electron chi connectivity index (χ4n) is 4.16. The molecule has 3 aromatic rings. The first-order valence-electron chi connectivity index (χ1n) is 9.53. The van der Waals surface area contributed by atoms with Gasteiger partial charge in [-0.1, -0.05) is 77.9 Å². The Morgan fingerprint density at radius 1 is 0.889 bits per heavy atom. The Kier molecular flexibility index (Phi) is 4.53. The second-order valence-electron chi connectivity index (χ2n) is 7.57. The highest BCUT2D eigenvalue weighted by atomic mass is 14.7. The van der Waals surface area contributed by atoms with Crippen molar-refractivity contribution in [2.24, 2.45) is 4.99 Å². The lowest BCUT2D eigenvalue weighted by Gasteiger charge is -2.16. The van der Waals surface area contributed by atoms with Crippen molar-refractivity contribution in [1.82, 2.24) is 0 Å². The van der Waals surface area contributed by atoms with Gasteiger partial charge in [0.2, 0.25) is 0 Å². The maximum Gasteiger partial charge on any atom is 0.0688 e. The Balaban J connectivity index is 1.90. The van der Waals surface area contributed by atoms with E-state index in [-0.39, 0.29) is 0 Å². The number of benzene rings is 3. The van der Waals surface area contributed by atoms with Gasteiger partial charge in [-0.2, -0.15) is 0 Å². The van der Waals surface area contributed by atoms with Crippen LogP contribution in [0.25, 0.3) is 10.8 Å². The van der Waals surface area contributed by atoms with Gasteiger partial charge in [-0.05, 0) is 55.2 Å². The largest absolute Gasteiger partial charge is 0.256 e. The molecule has 134 valence electrons. The summed E-state index contributed by atoms with van der Waals surface area (Å²) in [4.78, 5) is 4.96. The third kappa shape index (κ3) is 3.26. The molecular formula is C26H25N. The standard InChI is InChI=1S/C26H25N/c1-17-14-19(3)26(20(4)15-17)27-16-25-23-10-6-5-9-21(23)12-13-24(25)22-11-7-8-18(22)2/h5-16,22H,1-4H3. The van der Waals surface area contributed by atoms with Gasteiger partial charge in [0.25, 0.3) is 0 Å². The topological polar surface area (TPSA) is 12.4 Å². The predicted molar refractivity (Wildman–Crippen MR) is 117 cm³/mol. The molecule has 0 aromatic heterocycles. The van der Waals surface area contributed by atoms with Gasteiger partial charge in [0, 0.05) is 17.7 Å². The Labute approximate surface area is 161 Å². The van der Waals surface area contributed by atoms with Gasteiger partial charge in [0.05, 0.1) is 5.69 Å². The van der Waals surface area contributed by atoms with Crippen LogP contribution in [0.5, 0.6) is 0 Å². The number of fused-ring (bicyclic) bond motifs is 1. The van der Waals surface area contributed by atoms with Crippen LogP contribution in [0, 0.1) is 20.8 Å². The first-order chi connectivity index (χ1) is 13.0. The molecule has 0 N–H and O–H groups in total. The minimum absolute atomic E-state index is 0.330. The molecule has 1 nitrogen and oxygen atoms in total. The van der Waals surface area contributed by atoms with Crippen molar-refractivity contribution < 1.29 is 0 Å². The van der Waals surface area contributed by atoms with Crippen LogP contribution in [-0.2, 0) is 0 Å². The van der Waals surface area contributed by atoms with E-state index in [1.807, 2.05) is 0 Å². The van der Waals surface area contributed by atoms with E-state index < -0.39 is 0 Å². The summed E-state index contributed by atoms with van der Waals surface area (Å²) in [6, 6.07) is 17.5. The fourth-order valence-corrected chi connectivity index (χ4v) is 4.16. The average molecular weight is 351 g/mol. The lowest BCUT2D eigenvalue weighted by molar-refractivity contribution is 1.01. The number of rotatable bonds is 3. The van der Waals surface area contributed by atoms with E-state index >= 15 is 0 Å². The molecule has 1 atom stereocenters. The zero-order chi connectivity index (χ0) is 19.0. The summed E-state index contributed by atoms with van der Waals surface area (Å²) in [7, 11) is 0. The van der Waals surface area contributed by atoms with Crippen molar-refractivity contribution in [3.8, 4) is 0 Å². The predicted octanol–water partition coefficient (Wildman–Crippen LogP) is 7.12. The first-order valence-corrected chi connectivity index (χ1v) is 9.53. The van der Waals surface area contributed by atoms with Crippen molar-refractivity contribution in [2.75, 3.05) is 0 Å². The number of aliphatic imine (C=N–C) groups is 1. The second-order valence-corrected chi connectivity index (χ2v) is 7.57. The summed E-state index contributed by atoms with van der Waals surface area (Å²) in [5, 5.41) is 2.51. The Morgan fingerprint density at radius 3 is 2.33 bits per heavy atom. The van der Waals surface area contributed by atoms with Gasteiger partial charge in [-0.25, -0.2) is 0 Å². The summed E-state index contributed by atoms with van der Waals surface area (Å²) in [6.07, 6.45) is 8.71. The second kappa shape index (κ2) is 7.00. The minimum atomic E-state index is 0.330. The Morgan fingerprint density at radius 2 is 1.63 bits per heavy atom. The summed E-state index contributed by atoms with van der Waals surface area (Å²) in [5.41, 5.74) is 8.73. The van der Waals surface area contributed by atoms with E-state index in [9.17, 15) is 0 Å². The molecule has 0 bridgehead atoms. The van der Waals surface area contributed by atoms with Crippen LogP contribution in [-0.4, -0.2) is 6.21 Å². The molecule has 0 saturated heterocycles. The van der Waals surface area contributed by atoms with Gasteiger partial charge < -0.3 is 0 Å². The number of nitrogens with zero attached hydrogens (tertiary/aromatic N) is 1. The summed E-state index contributed by atoms with van der Waals surface area (Å²) in [6.45, 7) is 8.62. The van der Waals surface area contributed by atoms with Crippen LogP contribution >= 0.6 is 0 Å². The molecule has 0 fully saturated rings. The molecular weight excluding hydrogens is 326 g/mol. The smallest absolute Gasteiger partial charge is 0.0688 e. The molecule has 1 unspecified atom stereocenters. The van der Waals surface area contributed by atoms with Crippen LogP contribution in [0.3, 0.4) is 0 Å². The molecule has 0 saturated carbocycles. The Bertz CT molecular complexity index is 1090. The fraction of sp³-hybridized carbons (Fsp3) is 0.192. The molecule has 0 spiro atoms. The summed E-state index contributed by atoms with van der Waals surface area (Å²) >= 11 is 0. The third-order valence-electron chi connectivity index (χ3n) is 5.45. The summed E-state index contributed by atoms with van der Waals surface area (Å²) < 4.78 is 0. The van der Waals surface area contributed by atoms with Crippen molar-refractivity contribution in [1.29, 1.82) is 0 Å². The molecule has 0 aliphatic heterocycles. The van der Waals surface area contributed by atoms with Gasteiger partial charge in [-0.3, -0.25) is 4.99 Å². The average Bonchev–Trinajstić information content (AvgIpc) is 3.06. The van der Waals surface area contributed by atoms with Gasteiger partial charge in [-0.15, -0.1) is 0 Å². The number of aryl methyl sites for hydroxylation is 3. The van der Waals surface area contributed by atoms with E-state index in [0.29, 0.717) is 5.92 Å². The van der Waals surface area contributed by atoms with E-state index in [0.717, 1.165) is 5.69 Å². The van der Waals surface area contributed by atoms with E-state index in [1.165, 1.54) is 44.2 Å². The number of hydrogen-bond donors (Lipinski definition) is 0. The van der Waals surface area contributed by atoms with Gasteiger partial charge in [0.15, 0.2) is 0 Å². The molecule has 3 aromatic carbocycles. The van der Waals surface area contributed by atoms with Crippen molar-refractivity contribution >= 4 is 22.7 Å². The van der Waals surface area contributed by atoms with Gasteiger partial charge in [0.1, 0.15) is 0 Å². The zero-order valence-electron chi connectivity index (χ0n) is 16.5. The van der Waals surface area contributed by atoms with Gasteiger partial charge >= 0.3 is 0 Å². The molecule has 0 heterocycles. The molecule has 27 heavy (non-hydrogen) atoms. The monoisotopic (exact) mass is 351 g/mol. The Hall–Kier alpha value is -2.93. The molecule has 0 amide bonds. The van der Waals surface area contributed by atoms with Crippen LogP contribution in [0.2, 0.25) is 0 Å². The minimum Gasteiger partial charge on any atom is -0.256 e. The quantitative estimate of drug-likeness (QED) is 0.446. The molecule has 0 radical (unpaired) electrons. The maximum atomic E-state index is 4.96. The molecule has 4 rings (SSSR count). The van der Waals surface area contributed by atoms with Crippen molar-refractivity contribution in [3.05, 3.63) is 100 Å². The number of hydrogen-bond acceptors (Lipinski definition) is 1. The third-order valence-corrected chi connectivity index (χ3v) is 5.45. The van der Waals surface area contributed by atoms with Crippen molar-refractivity contribution in [3.63, 3.8) is 0 Å². The highest BCUT2D eigenvalue weighted by Gasteiger charge is 2.18. The first kappa shape index (κ1) is 17.5. The van der Waals surface area contributed by atoms with Crippen molar-refractivity contribution in [2.45, 2.75) is 33.6 Å². The molecule has 1 heteroatoms. The lowest BCUT2D eigenvalue weighted by atomic mass is 9.88.